The molecule has 0 atom stereocenters. The Morgan fingerprint density at radius 1 is 1.28 bits per heavy atom. The number of hydrogen-bond donors (Lipinski definition) is 2. The number of carbonyl (C=O) groups excluding carboxylic acids is 1. The number of urea groups is 1. The molecule has 1 aliphatic rings. The normalized spacial score (nSPS) is 15.2. The molecule has 1 saturated heterocycles. The van der Waals surface area contributed by atoms with Gasteiger partial charge in [-0.25, -0.2) is 9.59 Å². The number of carbonyl (C=O) groups is 2. The third-order valence-electron chi connectivity index (χ3n) is 2.66. The first-order valence-electron chi connectivity index (χ1n) is 5.64. The van der Waals surface area contributed by atoms with Crippen LogP contribution in [0.2, 0.25) is 0 Å². The number of anilines is 1. The Kier molecular flexibility index (Phi) is 3.78. The number of carboxylic acid groups (broad SMARTS) is 1. The van der Waals surface area contributed by atoms with Gasteiger partial charge < -0.3 is 20.1 Å². The highest BCUT2D eigenvalue weighted by atomic mass is 16.5. The van der Waals surface area contributed by atoms with Gasteiger partial charge in [0.15, 0.2) is 0 Å². The Balaban J connectivity index is 2.02. The lowest BCUT2D eigenvalue weighted by Crippen LogP contribution is -2.43. The first-order chi connectivity index (χ1) is 8.66. The number of nitrogens with one attached hydrogen (secondary N) is 1. The minimum Gasteiger partial charge on any atom is -0.478 e. The molecule has 0 spiro atoms. The van der Waals surface area contributed by atoms with Crippen molar-refractivity contribution in [2.24, 2.45) is 0 Å². The summed E-state index contributed by atoms with van der Waals surface area (Å²) < 4.78 is 5.15. The first-order valence-corrected chi connectivity index (χ1v) is 5.64. The van der Waals surface area contributed by atoms with Gasteiger partial charge >= 0.3 is 12.0 Å². The molecule has 2 amide bonds. The zero-order valence-electron chi connectivity index (χ0n) is 9.76. The quantitative estimate of drug-likeness (QED) is 0.828. The highest BCUT2D eigenvalue weighted by Crippen LogP contribution is 2.12. The van der Waals surface area contributed by atoms with Gasteiger partial charge in [-0.3, -0.25) is 0 Å². The molecule has 18 heavy (non-hydrogen) atoms. The lowest BCUT2D eigenvalue weighted by Gasteiger charge is -2.26. The predicted molar refractivity (Wildman–Crippen MR) is 64.8 cm³/mol. The summed E-state index contributed by atoms with van der Waals surface area (Å²) in [4.78, 5) is 24.3. The molecule has 1 aliphatic heterocycles. The number of hydrogen-bond acceptors (Lipinski definition) is 3. The van der Waals surface area contributed by atoms with Crippen LogP contribution in [0.1, 0.15) is 10.4 Å². The van der Waals surface area contributed by atoms with Gasteiger partial charge in [-0.05, 0) is 18.2 Å². The van der Waals surface area contributed by atoms with Crippen LogP contribution in [0.3, 0.4) is 0 Å². The maximum absolute atomic E-state index is 11.9. The van der Waals surface area contributed by atoms with Gasteiger partial charge in [0.2, 0.25) is 0 Å². The summed E-state index contributed by atoms with van der Waals surface area (Å²) in [5.41, 5.74) is 0.626. The zero-order valence-corrected chi connectivity index (χ0v) is 9.76. The molecule has 1 fully saturated rings. The first kappa shape index (κ1) is 12.4. The van der Waals surface area contributed by atoms with Crippen molar-refractivity contribution in [2.45, 2.75) is 0 Å². The summed E-state index contributed by atoms with van der Waals surface area (Å²) in [7, 11) is 0. The molecule has 0 unspecified atom stereocenters. The van der Waals surface area contributed by atoms with Crippen molar-refractivity contribution in [1.29, 1.82) is 0 Å². The minimum absolute atomic E-state index is 0.148. The summed E-state index contributed by atoms with van der Waals surface area (Å²) >= 11 is 0. The summed E-state index contributed by atoms with van der Waals surface area (Å²) in [6, 6.07) is 5.93. The molecule has 0 aromatic heterocycles. The van der Waals surface area contributed by atoms with Crippen molar-refractivity contribution in [3.63, 3.8) is 0 Å². The van der Waals surface area contributed by atoms with E-state index in [4.69, 9.17) is 9.84 Å². The lowest BCUT2D eigenvalue weighted by atomic mass is 10.2. The number of aromatic carboxylic acids is 1. The minimum atomic E-state index is -1.02. The Morgan fingerprint density at radius 3 is 2.67 bits per heavy atom. The van der Waals surface area contributed by atoms with Crippen LogP contribution >= 0.6 is 0 Å². The van der Waals surface area contributed by atoms with E-state index in [0.29, 0.717) is 32.0 Å². The van der Waals surface area contributed by atoms with E-state index < -0.39 is 5.97 Å². The summed E-state index contributed by atoms with van der Waals surface area (Å²) in [6.45, 7) is 2.15. The van der Waals surface area contributed by atoms with Crippen molar-refractivity contribution in [2.75, 3.05) is 31.6 Å². The standard InChI is InChI=1S/C12H14N2O4/c15-11(16)9-2-1-3-10(8-9)13-12(17)14-4-6-18-7-5-14/h1-3,8H,4-7H2,(H,13,17)(H,15,16). The van der Waals surface area contributed by atoms with E-state index >= 15 is 0 Å². The number of nitrogens with zero attached hydrogens (tertiary/aromatic N) is 1. The van der Waals surface area contributed by atoms with E-state index in [0.717, 1.165) is 0 Å². The maximum atomic E-state index is 11.9. The van der Waals surface area contributed by atoms with E-state index in [-0.39, 0.29) is 11.6 Å². The number of amides is 2. The van der Waals surface area contributed by atoms with Gasteiger partial charge in [0.1, 0.15) is 0 Å². The highest BCUT2D eigenvalue weighted by molar-refractivity contribution is 5.93. The molecule has 0 bridgehead atoms. The monoisotopic (exact) mass is 250 g/mol. The van der Waals surface area contributed by atoms with Crippen LogP contribution in [0.25, 0.3) is 0 Å². The fraction of sp³-hybridized carbons (Fsp3) is 0.333. The maximum Gasteiger partial charge on any atom is 0.335 e. The van der Waals surface area contributed by atoms with Gasteiger partial charge in [-0.2, -0.15) is 0 Å². The molecule has 2 N–H and O–H groups in total. The largest absolute Gasteiger partial charge is 0.478 e. The number of ether oxygens (including phenoxy) is 1. The molecule has 1 heterocycles. The Bertz CT molecular complexity index is 455. The molecule has 6 heteroatoms. The summed E-state index contributed by atoms with van der Waals surface area (Å²) in [5, 5.41) is 11.5. The number of morpholine rings is 1. The number of carboxylic acids is 1. The third kappa shape index (κ3) is 2.98. The molecule has 0 saturated carbocycles. The second-order valence-corrected chi connectivity index (χ2v) is 3.92. The van der Waals surface area contributed by atoms with Crippen molar-refractivity contribution in [3.8, 4) is 0 Å². The van der Waals surface area contributed by atoms with Crippen LogP contribution in [-0.4, -0.2) is 48.3 Å². The molecule has 1 aromatic carbocycles. The smallest absolute Gasteiger partial charge is 0.335 e. The van der Waals surface area contributed by atoms with Crippen LogP contribution in [0.15, 0.2) is 24.3 Å². The van der Waals surface area contributed by atoms with Crippen molar-refractivity contribution in [3.05, 3.63) is 29.8 Å². The summed E-state index contributed by atoms with van der Waals surface area (Å²) in [6.07, 6.45) is 0. The Morgan fingerprint density at radius 2 is 2.00 bits per heavy atom. The van der Waals surface area contributed by atoms with Crippen molar-refractivity contribution in [1.82, 2.24) is 4.90 Å². The van der Waals surface area contributed by atoms with Crippen LogP contribution < -0.4 is 5.32 Å². The van der Waals surface area contributed by atoms with E-state index in [2.05, 4.69) is 5.32 Å². The lowest BCUT2D eigenvalue weighted by molar-refractivity contribution is 0.0564. The molecule has 1 aromatic rings. The second kappa shape index (κ2) is 5.50. The van der Waals surface area contributed by atoms with E-state index in [1.165, 1.54) is 12.1 Å². The molecule has 2 rings (SSSR count). The summed E-state index contributed by atoms with van der Waals surface area (Å²) in [5.74, 6) is -1.02. The van der Waals surface area contributed by atoms with E-state index in [1.54, 1.807) is 17.0 Å². The Hall–Kier alpha value is -2.08. The van der Waals surface area contributed by atoms with E-state index in [1.807, 2.05) is 0 Å². The van der Waals surface area contributed by atoms with Gasteiger partial charge in [-0.1, -0.05) is 6.07 Å². The third-order valence-corrected chi connectivity index (χ3v) is 2.66. The van der Waals surface area contributed by atoms with Crippen LogP contribution in [0, 0.1) is 0 Å². The van der Waals surface area contributed by atoms with Gasteiger partial charge in [0.05, 0.1) is 18.8 Å². The molecule has 6 nitrogen and oxygen atoms in total. The Labute approximate surface area is 104 Å². The van der Waals surface area contributed by atoms with Crippen molar-refractivity contribution >= 4 is 17.7 Å². The molecule has 96 valence electrons. The van der Waals surface area contributed by atoms with Crippen LogP contribution in [0.4, 0.5) is 10.5 Å². The average Bonchev–Trinajstić information content (AvgIpc) is 2.40. The van der Waals surface area contributed by atoms with Gasteiger partial charge in [0, 0.05) is 18.8 Å². The number of rotatable bonds is 2. The molecule has 0 radical (unpaired) electrons. The SMILES string of the molecule is O=C(O)c1cccc(NC(=O)N2CCOCC2)c1. The van der Waals surface area contributed by atoms with Crippen LogP contribution in [-0.2, 0) is 4.74 Å². The number of benzene rings is 1. The molecular formula is C12H14N2O4. The molecule has 0 aliphatic carbocycles. The molecular weight excluding hydrogens is 236 g/mol. The second-order valence-electron chi connectivity index (χ2n) is 3.92. The predicted octanol–water partition coefficient (Wildman–Crippen LogP) is 1.25. The fourth-order valence-electron chi connectivity index (χ4n) is 1.70. The van der Waals surface area contributed by atoms with Crippen LogP contribution in [0.5, 0.6) is 0 Å². The van der Waals surface area contributed by atoms with Gasteiger partial charge in [0.25, 0.3) is 0 Å². The highest BCUT2D eigenvalue weighted by Gasteiger charge is 2.16. The van der Waals surface area contributed by atoms with Crippen molar-refractivity contribution < 1.29 is 19.4 Å². The topological polar surface area (TPSA) is 78.9 Å². The van der Waals surface area contributed by atoms with Gasteiger partial charge in [-0.15, -0.1) is 0 Å². The fourth-order valence-corrected chi connectivity index (χ4v) is 1.70. The zero-order chi connectivity index (χ0) is 13.0. The van der Waals surface area contributed by atoms with E-state index in [9.17, 15) is 9.59 Å². The average molecular weight is 250 g/mol.